The molecule has 1 saturated heterocycles. The molecule has 0 saturated carbocycles. The molecule has 1 fully saturated rings. The van der Waals surface area contributed by atoms with Crippen molar-refractivity contribution >= 4 is 27.3 Å². The normalized spacial score (nSPS) is 15.9. The molecule has 0 atom stereocenters. The van der Waals surface area contributed by atoms with Crippen molar-refractivity contribution in [3.8, 4) is 0 Å². The van der Waals surface area contributed by atoms with Crippen LogP contribution in [0.25, 0.3) is 0 Å². The quantitative estimate of drug-likeness (QED) is 0.808. The van der Waals surface area contributed by atoms with Gasteiger partial charge in [-0.25, -0.2) is 12.7 Å². The monoisotopic (exact) mass is 401 g/mol. The summed E-state index contributed by atoms with van der Waals surface area (Å²) in [6.07, 6.45) is 2.30. The molecular formula is C21H27N3O3S. The van der Waals surface area contributed by atoms with Gasteiger partial charge in [0.05, 0.1) is 17.6 Å². The molecule has 1 N–H and O–H groups in total. The molecule has 3 rings (SSSR count). The molecule has 1 aliphatic heterocycles. The lowest BCUT2D eigenvalue weighted by Crippen LogP contribution is -2.41. The number of hydrogen-bond donors (Lipinski definition) is 1. The molecule has 2 aromatic rings. The van der Waals surface area contributed by atoms with Crippen molar-refractivity contribution in [3.63, 3.8) is 0 Å². The predicted octanol–water partition coefficient (Wildman–Crippen LogP) is 2.93. The average Bonchev–Trinajstić information content (AvgIpc) is 2.68. The second-order valence-corrected chi connectivity index (χ2v) is 9.27. The summed E-state index contributed by atoms with van der Waals surface area (Å²) in [5.41, 5.74) is 2.92. The number of amides is 1. The number of anilines is 2. The molecule has 1 heterocycles. The minimum atomic E-state index is -3.19. The maximum absolute atomic E-state index is 12.8. The summed E-state index contributed by atoms with van der Waals surface area (Å²) < 4.78 is 24.7. The second-order valence-electron chi connectivity index (χ2n) is 7.28. The van der Waals surface area contributed by atoms with Crippen LogP contribution in [0, 0.1) is 5.92 Å². The molecule has 0 unspecified atom stereocenters. The molecule has 0 spiro atoms. The topological polar surface area (TPSA) is 69.7 Å². The summed E-state index contributed by atoms with van der Waals surface area (Å²) >= 11 is 0. The van der Waals surface area contributed by atoms with Gasteiger partial charge in [0.1, 0.15) is 0 Å². The van der Waals surface area contributed by atoms with Gasteiger partial charge < -0.3 is 10.2 Å². The third kappa shape index (κ3) is 5.11. The first-order chi connectivity index (χ1) is 13.3. The predicted molar refractivity (Wildman–Crippen MR) is 113 cm³/mol. The van der Waals surface area contributed by atoms with Crippen molar-refractivity contribution in [1.82, 2.24) is 4.31 Å². The van der Waals surface area contributed by atoms with Gasteiger partial charge in [-0.3, -0.25) is 4.79 Å². The van der Waals surface area contributed by atoms with Gasteiger partial charge in [0.2, 0.25) is 15.9 Å². The lowest BCUT2D eigenvalue weighted by atomic mass is 9.97. The number of sulfonamides is 1. The van der Waals surface area contributed by atoms with Crippen LogP contribution in [-0.2, 0) is 21.4 Å². The molecule has 1 amide bonds. The smallest absolute Gasteiger partial charge is 0.227 e. The number of carbonyl (C=O) groups is 1. The van der Waals surface area contributed by atoms with E-state index in [4.69, 9.17) is 0 Å². The average molecular weight is 402 g/mol. The molecule has 0 aromatic heterocycles. The van der Waals surface area contributed by atoms with Crippen molar-refractivity contribution in [2.24, 2.45) is 5.92 Å². The number of nitrogens with one attached hydrogen (secondary N) is 1. The highest BCUT2D eigenvalue weighted by molar-refractivity contribution is 7.88. The highest BCUT2D eigenvalue weighted by Gasteiger charge is 2.29. The van der Waals surface area contributed by atoms with Crippen LogP contribution >= 0.6 is 0 Å². The van der Waals surface area contributed by atoms with Crippen LogP contribution in [0.3, 0.4) is 0 Å². The van der Waals surface area contributed by atoms with Crippen LogP contribution in [0.2, 0.25) is 0 Å². The molecule has 28 heavy (non-hydrogen) atoms. The fourth-order valence-corrected chi connectivity index (χ4v) is 4.41. The third-order valence-corrected chi connectivity index (χ3v) is 6.43. The van der Waals surface area contributed by atoms with Crippen LogP contribution in [0.1, 0.15) is 18.4 Å². The van der Waals surface area contributed by atoms with E-state index >= 15 is 0 Å². The summed E-state index contributed by atoms with van der Waals surface area (Å²) in [4.78, 5) is 14.9. The van der Waals surface area contributed by atoms with E-state index in [1.807, 2.05) is 49.5 Å². The van der Waals surface area contributed by atoms with E-state index in [9.17, 15) is 13.2 Å². The zero-order valence-electron chi connectivity index (χ0n) is 16.3. The van der Waals surface area contributed by atoms with Crippen molar-refractivity contribution in [2.75, 3.05) is 36.6 Å². The molecule has 6 nitrogen and oxygen atoms in total. The molecule has 2 aromatic carbocycles. The molecule has 150 valence electrons. The van der Waals surface area contributed by atoms with Crippen molar-refractivity contribution in [1.29, 1.82) is 0 Å². The van der Waals surface area contributed by atoms with Gasteiger partial charge in [-0.15, -0.1) is 0 Å². The molecule has 0 bridgehead atoms. The molecule has 7 heteroatoms. The van der Waals surface area contributed by atoms with Crippen LogP contribution in [0.15, 0.2) is 54.6 Å². The Bertz CT molecular complexity index is 908. The van der Waals surface area contributed by atoms with E-state index in [1.54, 1.807) is 0 Å². The minimum absolute atomic E-state index is 0.0475. The van der Waals surface area contributed by atoms with Gasteiger partial charge >= 0.3 is 0 Å². The maximum Gasteiger partial charge on any atom is 0.227 e. The van der Waals surface area contributed by atoms with E-state index in [0.717, 1.165) is 17.9 Å². The van der Waals surface area contributed by atoms with E-state index in [1.165, 1.54) is 16.1 Å². The Morgan fingerprint density at radius 1 is 1.07 bits per heavy atom. The Kier molecular flexibility index (Phi) is 6.36. The fourth-order valence-electron chi connectivity index (χ4n) is 3.54. The van der Waals surface area contributed by atoms with Gasteiger partial charge in [-0.2, -0.15) is 0 Å². The number of para-hydroxylation sites is 2. The number of hydrogen-bond acceptors (Lipinski definition) is 4. The van der Waals surface area contributed by atoms with E-state index in [2.05, 4.69) is 22.3 Å². The van der Waals surface area contributed by atoms with Crippen molar-refractivity contribution in [2.45, 2.75) is 19.4 Å². The fraction of sp³-hybridized carbons (Fsp3) is 0.381. The van der Waals surface area contributed by atoms with E-state index < -0.39 is 10.0 Å². The van der Waals surface area contributed by atoms with Gasteiger partial charge in [0, 0.05) is 32.6 Å². The van der Waals surface area contributed by atoms with Crippen LogP contribution < -0.4 is 10.2 Å². The molecule has 0 aliphatic carbocycles. The number of piperidine rings is 1. The number of nitrogens with zero attached hydrogens (tertiary/aromatic N) is 2. The number of carbonyl (C=O) groups excluding carboxylic acids is 1. The molecule has 1 aliphatic rings. The van der Waals surface area contributed by atoms with Gasteiger partial charge in [-0.05, 0) is 30.5 Å². The Morgan fingerprint density at radius 3 is 2.32 bits per heavy atom. The van der Waals surface area contributed by atoms with Gasteiger partial charge in [-0.1, -0.05) is 42.5 Å². The Labute approximate surface area is 167 Å². The van der Waals surface area contributed by atoms with Crippen molar-refractivity contribution in [3.05, 3.63) is 60.2 Å². The third-order valence-electron chi connectivity index (χ3n) is 5.13. The summed E-state index contributed by atoms with van der Waals surface area (Å²) in [6, 6.07) is 17.9. The Balaban J connectivity index is 1.65. The largest absolute Gasteiger partial charge is 0.369 e. The summed E-state index contributed by atoms with van der Waals surface area (Å²) in [5.74, 6) is -0.223. The van der Waals surface area contributed by atoms with Crippen LogP contribution in [0.4, 0.5) is 11.4 Å². The molecular weight excluding hydrogens is 374 g/mol. The Hall–Kier alpha value is -2.38. The number of rotatable bonds is 6. The van der Waals surface area contributed by atoms with E-state index in [0.29, 0.717) is 25.9 Å². The van der Waals surface area contributed by atoms with Crippen molar-refractivity contribution < 1.29 is 13.2 Å². The SMILES string of the molecule is CN(Cc1ccccc1)c1ccccc1NC(=O)C1CCN(S(C)(=O)=O)CC1. The highest BCUT2D eigenvalue weighted by Crippen LogP contribution is 2.28. The highest BCUT2D eigenvalue weighted by atomic mass is 32.2. The zero-order chi connectivity index (χ0) is 20.1. The zero-order valence-corrected chi connectivity index (χ0v) is 17.2. The van der Waals surface area contributed by atoms with Crippen LogP contribution in [-0.4, -0.2) is 45.0 Å². The van der Waals surface area contributed by atoms with Crippen LogP contribution in [0.5, 0.6) is 0 Å². The minimum Gasteiger partial charge on any atom is -0.369 e. The van der Waals surface area contributed by atoms with E-state index in [-0.39, 0.29) is 11.8 Å². The summed E-state index contributed by atoms with van der Waals surface area (Å²) in [7, 11) is -1.18. The van der Waals surface area contributed by atoms with Gasteiger partial charge in [0.25, 0.3) is 0 Å². The second kappa shape index (κ2) is 8.75. The summed E-state index contributed by atoms with van der Waals surface area (Å²) in [6.45, 7) is 1.53. The van der Waals surface area contributed by atoms with Gasteiger partial charge in [0.15, 0.2) is 0 Å². The first kappa shape index (κ1) is 20.4. The lowest BCUT2D eigenvalue weighted by Gasteiger charge is -2.30. The molecule has 0 radical (unpaired) electrons. The first-order valence-corrected chi connectivity index (χ1v) is 11.3. The maximum atomic E-state index is 12.8. The summed E-state index contributed by atoms with van der Waals surface area (Å²) in [5, 5.41) is 3.05. The lowest BCUT2D eigenvalue weighted by molar-refractivity contribution is -0.120. The Morgan fingerprint density at radius 2 is 1.68 bits per heavy atom. The first-order valence-electron chi connectivity index (χ1n) is 9.44. The standard InChI is InChI=1S/C21H27N3O3S/c1-23(16-17-8-4-3-5-9-17)20-11-7-6-10-19(20)22-21(25)18-12-14-24(15-13-18)28(2,26)27/h3-11,18H,12-16H2,1-2H3,(H,22,25). The number of benzene rings is 2.